The predicted octanol–water partition coefficient (Wildman–Crippen LogP) is 6.35. The Morgan fingerprint density at radius 1 is 0.889 bits per heavy atom. The highest BCUT2D eigenvalue weighted by atomic mass is 35.5. The summed E-state index contributed by atoms with van der Waals surface area (Å²) in [7, 11) is 0. The van der Waals surface area contributed by atoms with Crippen molar-refractivity contribution in [3.05, 3.63) is 98.5 Å². The van der Waals surface area contributed by atoms with E-state index in [4.69, 9.17) is 39.5 Å². The van der Waals surface area contributed by atoms with E-state index in [1.54, 1.807) is 18.3 Å². The van der Waals surface area contributed by atoms with Crippen molar-refractivity contribution in [2.75, 3.05) is 0 Å². The van der Waals surface area contributed by atoms with E-state index in [9.17, 15) is 0 Å². The summed E-state index contributed by atoms with van der Waals surface area (Å²) < 4.78 is 5.82. The van der Waals surface area contributed by atoms with Gasteiger partial charge in [-0.2, -0.15) is 5.10 Å². The van der Waals surface area contributed by atoms with Crippen LogP contribution in [0.5, 0.6) is 5.75 Å². The van der Waals surface area contributed by atoms with Crippen LogP contribution in [0.1, 0.15) is 16.7 Å². The molecule has 0 bridgehead atoms. The summed E-state index contributed by atoms with van der Waals surface area (Å²) >= 11 is 18.2. The molecule has 138 valence electrons. The van der Waals surface area contributed by atoms with Gasteiger partial charge in [0.1, 0.15) is 12.4 Å². The maximum absolute atomic E-state index is 6.14. The van der Waals surface area contributed by atoms with Gasteiger partial charge in [-0.05, 0) is 47.5 Å². The third-order valence-electron chi connectivity index (χ3n) is 3.80. The lowest BCUT2D eigenvalue weighted by Gasteiger charge is -2.07. The molecule has 3 aromatic carbocycles. The zero-order valence-corrected chi connectivity index (χ0v) is 16.6. The minimum atomic E-state index is 0.446. The molecule has 27 heavy (non-hydrogen) atoms. The Bertz CT molecular complexity index is 907. The first-order valence-electron chi connectivity index (χ1n) is 8.28. The number of hydrogen-bond donors (Lipinski definition) is 1. The van der Waals surface area contributed by atoms with Gasteiger partial charge in [-0.1, -0.05) is 65.1 Å². The zero-order valence-electron chi connectivity index (χ0n) is 14.3. The lowest BCUT2D eigenvalue weighted by Crippen LogP contribution is -2.06. The van der Waals surface area contributed by atoms with E-state index in [2.05, 4.69) is 10.5 Å². The number of benzene rings is 3. The molecule has 0 saturated carbocycles. The molecular formula is C21H17Cl3N2O. The Balaban J connectivity index is 1.55. The third-order valence-corrected chi connectivity index (χ3v) is 4.76. The SMILES string of the molecule is Clc1ccc(COc2cccc(/C=N\NCc3c(Cl)cccc3Cl)c2)cc1. The second kappa shape index (κ2) is 9.65. The zero-order chi connectivity index (χ0) is 19.1. The highest BCUT2D eigenvalue weighted by Crippen LogP contribution is 2.23. The first-order valence-corrected chi connectivity index (χ1v) is 9.41. The van der Waals surface area contributed by atoms with Gasteiger partial charge in [-0.3, -0.25) is 0 Å². The number of hydrazone groups is 1. The lowest BCUT2D eigenvalue weighted by molar-refractivity contribution is 0.306. The number of ether oxygens (including phenoxy) is 1. The number of hydrogen-bond acceptors (Lipinski definition) is 3. The predicted molar refractivity (Wildman–Crippen MR) is 113 cm³/mol. The second-order valence-electron chi connectivity index (χ2n) is 5.78. The summed E-state index contributed by atoms with van der Waals surface area (Å²) in [4.78, 5) is 0. The minimum absolute atomic E-state index is 0.446. The fourth-order valence-corrected chi connectivity index (χ4v) is 3.04. The van der Waals surface area contributed by atoms with Gasteiger partial charge < -0.3 is 10.2 Å². The fourth-order valence-electron chi connectivity index (χ4n) is 2.38. The Hall–Kier alpha value is -2.20. The van der Waals surface area contributed by atoms with E-state index in [0.29, 0.717) is 28.2 Å². The summed E-state index contributed by atoms with van der Waals surface area (Å²) in [6.07, 6.45) is 1.72. The second-order valence-corrected chi connectivity index (χ2v) is 7.03. The summed E-state index contributed by atoms with van der Waals surface area (Å²) in [6.45, 7) is 0.919. The Morgan fingerprint density at radius 3 is 2.33 bits per heavy atom. The van der Waals surface area contributed by atoms with Crippen molar-refractivity contribution in [1.82, 2.24) is 5.43 Å². The largest absolute Gasteiger partial charge is 0.489 e. The first-order chi connectivity index (χ1) is 13.1. The fraction of sp³-hybridized carbons (Fsp3) is 0.0952. The van der Waals surface area contributed by atoms with Crippen molar-refractivity contribution in [3.8, 4) is 5.75 Å². The van der Waals surface area contributed by atoms with Crippen LogP contribution in [0.25, 0.3) is 0 Å². The lowest BCUT2D eigenvalue weighted by atomic mass is 10.2. The maximum atomic E-state index is 6.14. The van der Waals surface area contributed by atoms with Gasteiger partial charge in [-0.25, -0.2) is 0 Å². The Morgan fingerprint density at radius 2 is 1.59 bits per heavy atom. The molecule has 0 heterocycles. The summed E-state index contributed by atoms with van der Waals surface area (Å²) in [5, 5.41) is 6.16. The van der Waals surface area contributed by atoms with E-state index in [0.717, 1.165) is 22.4 Å². The molecule has 0 radical (unpaired) electrons. The maximum Gasteiger partial charge on any atom is 0.120 e. The molecule has 0 aromatic heterocycles. The van der Waals surface area contributed by atoms with Crippen LogP contribution >= 0.6 is 34.8 Å². The molecule has 6 heteroatoms. The molecule has 0 fully saturated rings. The van der Waals surface area contributed by atoms with Crippen LogP contribution in [-0.2, 0) is 13.2 Å². The van der Waals surface area contributed by atoms with E-state index in [1.807, 2.05) is 54.6 Å². The molecule has 0 saturated heterocycles. The van der Waals surface area contributed by atoms with Crippen molar-refractivity contribution in [2.45, 2.75) is 13.2 Å². The number of halogens is 3. The van der Waals surface area contributed by atoms with Crippen molar-refractivity contribution < 1.29 is 4.74 Å². The molecule has 3 aromatic rings. The molecule has 0 aliphatic carbocycles. The summed E-state index contributed by atoms with van der Waals surface area (Å²) in [5.74, 6) is 0.767. The average molecular weight is 420 g/mol. The van der Waals surface area contributed by atoms with E-state index >= 15 is 0 Å². The molecule has 0 atom stereocenters. The first kappa shape index (κ1) is 19.6. The Labute approximate surface area is 173 Å². The topological polar surface area (TPSA) is 33.6 Å². The van der Waals surface area contributed by atoms with Crippen LogP contribution in [0, 0.1) is 0 Å². The normalized spacial score (nSPS) is 10.9. The average Bonchev–Trinajstić information content (AvgIpc) is 2.67. The molecule has 0 unspecified atom stereocenters. The quantitative estimate of drug-likeness (QED) is 0.357. The van der Waals surface area contributed by atoms with Crippen molar-refractivity contribution >= 4 is 41.0 Å². The van der Waals surface area contributed by atoms with E-state index < -0.39 is 0 Å². The smallest absolute Gasteiger partial charge is 0.120 e. The van der Waals surface area contributed by atoms with Gasteiger partial charge in [0.25, 0.3) is 0 Å². The number of nitrogens with zero attached hydrogens (tertiary/aromatic N) is 1. The van der Waals surface area contributed by atoms with Gasteiger partial charge in [0.15, 0.2) is 0 Å². The molecule has 0 aliphatic rings. The molecule has 3 nitrogen and oxygen atoms in total. The van der Waals surface area contributed by atoms with Crippen LogP contribution in [0.4, 0.5) is 0 Å². The number of rotatable bonds is 7. The minimum Gasteiger partial charge on any atom is -0.489 e. The third kappa shape index (κ3) is 5.90. The number of nitrogens with one attached hydrogen (secondary N) is 1. The van der Waals surface area contributed by atoms with Crippen molar-refractivity contribution in [1.29, 1.82) is 0 Å². The Kier molecular flexibility index (Phi) is 6.99. The van der Waals surface area contributed by atoms with Gasteiger partial charge in [0, 0.05) is 20.6 Å². The summed E-state index contributed by atoms with van der Waals surface area (Å²) in [5.41, 5.74) is 5.75. The van der Waals surface area contributed by atoms with Crippen LogP contribution in [0.2, 0.25) is 15.1 Å². The molecule has 0 aliphatic heterocycles. The van der Waals surface area contributed by atoms with Crippen molar-refractivity contribution in [2.24, 2.45) is 5.10 Å². The van der Waals surface area contributed by atoms with Crippen LogP contribution < -0.4 is 10.2 Å². The molecule has 3 rings (SSSR count). The van der Waals surface area contributed by atoms with Gasteiger partial charge in [0.2, 0.25) is 0 Å². The molecule has 0 amide bonds. The highest BCUT2D eigenvalue weighted by Gasteiger charge is 2.03. The molecular weight excluding hydrogens is 403 g/mol. The van der Waals surface area contributed by atoms with Gasteiger partial charge in [0.05, 0.1) is 12.8 Å². The molecule has 1 N–H and O–H groups in total. The van der Waals surface area contributed by atoms with Gasteiger partial charge >= 0.3 is 0 Å². The van der Waals surface area contributed by atoms with Crippen LogP contribution in [-0.4, -0.2) is 6.21 Å². The van der Waals surface area contributed by atoms with Crippen LogP contribution in [0.15, 0.2) is 71.8 Å². The van der Waals surface area contributed by atoms with Crippen molar-refractivity contribution in [3.63, 3.8) is 0 Å². The van der Waals surface area contributed by atoms with Gasteiger partial charge in [-0.15, -0.1) is 0 Å². The standard InChI is InChI=1S/C21H17Cl3N2O/c22-17-9-7-15(8-10-17)14-27-18-4-1-3-16(11-18)12-25-26-13-19-20(23)5-2-6-21(19)24/h1-12,26H,13-14H2/b25-12-. The monoisotopic (exact) mass is 418 g/mol. The van der Waals surface area contributed by atoms with E-state index in [1.165, 1.54) is 0 Å². The van der Waals surface area contributed by atoms with Crippen LogP contribution in [0.3, 0.4) is 0 Å². The molecule has 0 spiro atoms. The summed E-state index contributed by atoms with van der Waals surface area (Å²) in [6, 6.07) is 20.7. The highest BCUT2D eigenvalue weighted by molar-refractivity contribution is 6.36. The van der Waals surface area contributed by atoms with E-state index in [-0.39, 0.29) is 0 Å².